The smallest absolute Gasteiger partial charge is 0.307 e. The average Bonchev–Trinajstić information content (AvgIpc) is 3.12. The molecule has 3 nitrogen and oxygen atoms in total. The summed E-state index contributed by atoms with van der Waals surface area (Å²) in [6.45, 7) is 5.97. The zero-order chi connectivity index (χ0) is 19.7. The van der Waals surface area contributed by atoms with Gasteiger partial charge in [-0.15, -0.1) is 11.3 Å². The summed E-state index contributed by atoms with van der Waals surface area (Å²) >= 11 is 1.82. The van der Waals surface area contributed by atoms with Crippen LogP contribution in [-0.4, -0.2) is 29.1 Å². The third-order valence-electron chi connectivity index (χ3n) is 5.80. The Labute approximate surface area is 170 Å². The van der Waals surface area contributed by atoms with Crippen molar-refractivity contribution in [1.29, 1.82) is 0 Å². The first kappa shape index (κ1) is 19.2. The molecule has 2 heterocycles. The van der Waals surface area contributed by atoms with E-state index in [1.165, 1.54) is 26.1 Å². The lowest BCUT2D eigenvalue weighted by atomic mass is 9.93. The number of nitrogens with zero attached hydrogens (tertiary/aromatic N) is 1. The third kappa shape index (κ3) is 3.85. The van der Waals surface area contributed by atoms with Crippen LogP contribution in [0.1, 0.15) is 54.7 Å². The van der Waals surface area contributed by atoms with Crippen LogP contribution in [0.3, 0.4) is 0 Å². The normalized spacial score (nSPS) is 19.2. The zero-order valence-electron chi connectivity index (χ0n) is 16.5. The van der Waals surface area contributed by atoms with Crippen LogP contribution in [-0.2, 0) is 4.79 Å². The molecule has 1 saturated heterocycles. The number of benzene rings is 2. The van der Waals surface area contributed by atoms with Gasteiger partial charge in [0, 0.05) is 16.1 Å². The molecular formula is C24H27NO2S. The van der Waals surface area contributed by atoms with E-state index in [4.69, 9.17) is 0 Å². The van der Waals surface area contributed by atoms with E-state index in [-0.39, 0.29) is 12.0 Å². The summed E-state index contributed by atoms with van der Waals surface area (Å²) in [5.74, 6) is -0.446. The summed E-state index contributed by atoms with van der Waals surface area (Å²) in [6.07, 6.45) is 1.71. The summed E-state index contributed by atoms with van der Waals surface area (Å²) in [7, 11) is 0. The van der Waals surface area contributed by atoms with Crippen LogP contribution in [0.5, 0.6) is 0 Å². The van der Waals surface area contributed by atoms with Crippen LogP contribution < -0.4 is 0 Å². The van der Waals surface area contributed by atoms with Gasteiger partial charge >= 0.3 is 5.97 Å². The third-order valence-corrected chi connectivity index (χ3v) is 6.97. The molecule has 1 fully saturated rings. The van der Waals surface area contributed by atoms with Gasteiger partial charge in [0.2, 0.25) is 0 Å². The van der Waals surface area contributed by atoms with E-state index < -0.39 is 5.97 Å². The lowest BCUT2D eigenvalue weighted by Crippen LogP contribution is -2.41. The largest absolute Gasteiger partial charge is 0.481 e. The molecule has 4 heteroatoms. The van der Waals surface area contributed by atoms with Gasteiger partial charge in [0.25, 0.3) is 0 Å². The second kappa shape index (κ2) is 8.06. The number of rotatable bonds is 5. The van der Waals surface area contributed by atoms with Gasteiger partial charge in [-0.3, -0.25) is 9.69 Å². The van der Waals surface area contributed by atoms with Crippen molar-refractivity contribution >= 4 is 27.4 Å². The van der Waals surface area contributed by atoms with Gasteiger partial charge in [0.1, 0.15) is 0 Å². The molecule has 28 heavy (non-hydrogen) atoms. The summed E-state index contributed by atoms with van der Waals surface area (Å²) < 4.78 is 1.29. The zero-order valence-corrected chi connectivity index (χ0v) is 17.3. The van der Waals surface area contributed by atoms with Gasteiger partial charge < -0.3 is 5.11 Å². The van der Waals surface area contributed by atoms with Crippen LogP contribution in [0.25, 0.3) is 10.1 Å². The summed E-state index contributed by atoms with van der Waals surface area (Å²) in [5.41, 5.74) is 2.59. The Bertz CT molecular complexity index is 927. The van der Waals surface area contributed by atoms with Crippen LogP contribution in [0.2, 0.25) is 0 Å². The maximum absolute atomic E-state index is 11.6. The number of likely N-dealkylation sites (tertiary alicyclic amines) is 1. The molecule has 1 N–H and O–H groups in total. The van der Waals surface area contributed by atoms with Crippen LogP contribution in [0, 0.1) is 5.92 Å². The Morgan fingerprint density at radius 2 is 1.82 bits per heavy atom. The van der Waals surface area contributed by atoms with Gasteiger partial charge in [0.05, 0.1) is 12.0 Å². The molecule has 2 atom stereocenters. The van der Waals surface area contributed by atoms with Crippen molar-refractivity contribution in [2.75, 3.05) is 13.1 Å². The summed E-state index contributed by atoms with van der Waals surface area (Å²) in [6, 6.07) is 19.8. The highest BCUT2D eigenvalue weighted by Gasteiger charge is 2.32. The van der Waals surface area contributed by atoms with Gasteiger partial charge in [-0.1, -0.05) is 56.3 Å². The minimum Gasteiger partial charge on any atom is -0.481 e. The molecule has 0 aliphatic carbocycles. The Morgan fingerprint density at radius 1 is 1.11 bits per heavy atom. The van der Waals surface area contributed by atoms with Crippen molar-refractivity contribution in [3.05, 3.63) is 70.6 Å². The van der Waals surface area contributed by atoms with E-state index >= 15 is 0 Å². The fourth-order valence-corrected chi connectivity index (χ4v) is 5.43. The highest BCUT2D eigenvalue weighted by atomic mass is 32.1. The fourth-order valence-electron chi connectivity index (χ4n) is 4.20. The molecule has 0 spiro atoms. The SMILES string of the molecule is CC(C)c1ccc(C(c2cc3ccccc3s2)N2CCCC(C(=O)O)C2)cc1. The maximum Gasteiger partial charge on any atom is 0.307 e. The standard InChI is InChI=1S/C24H27NO2S/c1-16(2)17-9-11-18(12-10-17)23(25-13-5-7-20(15-25)24(26)27)22-14-19-6-3-4-8-21(19)28-22/h3-4,6,8-12,14,16,20,23H,5,7,13,15H2,1-2H3,(H,26,27). The molecule has 0 saturated carbocycles. The minimum absolute atomic E-state index is 0.112. The van der Waals surface area contributed by atoms with Gasteiger partial charge in [-0.05, 0) is 54.0 Å². The number of hydrogen-bond donors (Lipinski definition) is 1. The van der Waals surface area contributed by atoms with Crippen molar-refractivity contribution < 1.29 is 9.90 Å². The topological polar surface area (TPSA) is 40.5 Å². The van der Waals surface area contributed by atoms with E-state index in [0.29, 0.717) is 12.5 Å². The number of thiophene rings is 1. The summed E-state index contributed by atoms with van der Waals surface area (Å²) in [4.78, 5) is 15.3. The van der Waals surface area contributed by atoms with Crippen molar-refractivity contribution in [1.82, 2.24) is 4.90 Å². The molecule has 1 aliphatic heterocycles. The first-order valence-electron chi connectivity index (χ1n) is 10.1. The van der Waals surface area contributed by atoms with Gasteiger partial charge in [0.15, 0.2) is 0 Å². The van der Waals surface area contributed by atoms with Crippen LogP contribution in [0.15, 0.2) is 54.6 Å². The lowest BCUT2D eigenvalue weighted by Gasteiger charge is -2.37. The molecule has 2 aromatic carbocycles. The fraction of sp³-hybridized carbons (Fsp3) is 0.375. The molecule has 0 radical (unpaired) electrons. The Kier molecular flexibility index (Phi) is 5.51. The maximum atomic E-state index is 11.6. The van der Waals surface area contributed by atoms with Crippen molar-refractivity contribution in [3.63, 3.8) is 0 Å². The number of carbonyl (C=O) groups is 1. The number of fused-ring (bicyclic) bond motifs is 1. The lowest BCUT2D eigenvalue weighted by molar-refractivity contribution is -0.143. The number of carboxylic acids is 1. The quantitative estimate of drug-likeness (QED) is 0.586. The Morgan fingerprint density at radius 3 is 2.50 bits per heavy atom. The number of aliphatic carboxylic acids is 1. The first-order valence-corrected chi connectivity index (χ1v) is 10.9. The van der Waals surface area contributed by atoms with E-state index in [2.05, 4.69) is 73.3 Å². The molecule has 0 bridgehead atoms. The molecule has 0 amide bonds. The molecule has 4 rings (SSSR count). The van der Waals surface area contributed by atoms with Gasteiger partial charge in [-0.2, -0.15) is 0 Å². The predicted octanol–water partition coefficient (Wildman–Crippen LogP) is 5.91. The van der Waals surface area contributed by atoms with Crippen LogP contribution in [0.4, 0.5) is 0 Å². The van der Waals surface area contributed by atoms with E-state index in [0.717, 1.165) is 19.4 Å². The molecular weight excluding hydrogens is 366 g/mol. The molecule has 3 aromatic rings. The molecule has 1 aliphatic rings. The van der Waals surface area contributed by atoms with E-state index in [1.807, 2.05) is 11.3 Å². The predicted molar refractivity (Wildman–Crippen MR) is 116 cm³/mol. The first-order chi connectivity index (χ1) is 13.5. The summed E-state index contributed by atoms with van der Waals surface area (Å²) in [5, 5.41) is 10.8. The minimum atomic E-state index is -0.671. The highest BCUT2D eigenvalue weighted by Crippen LogP contribution is 2.39. The number of hydrogen-bond acceptors (Lipinski definition) is 3. The highest BCUT2D eigenvalue weighted by molar-refractivity contribution is 7.19. The Hall–Kier alpha value is -2.17. The number of carboxylic acid groups (broad SMARTS) is 1. The average molecular weight is 394 g/mol. The van der Waals surface area contributed by atoms with Crippen molar-refractivity contribution in [2.24, 2.45) is 5.92 Å². The molecule has 1 aromatic heterocycles. The molecule has 2 unspecified atom stereocenters. The second-order valence-electron chi connectivity index (χ2n) is 8.08. The number of piperidine rings is 1. The van der Waals surface area contributed by atoms with Crippen molar-refractivity contribution in [2.45, 2.75) is 38.6 Å². The van der Waals surface area contributed by atoms with Crippen molar-refractivity contribution in [3.8, 4) is 0 Å². The van der Waals surface area contributed by atoms with E-state index in [1.54, 1.807) is 0 Å². The molecule has 146 valence electrons. The van der Waals surface area contributed by atoms with Gasteiger partial charge in [-0.25, -0.2) is 0 Å². The van der Waals surface area contributed by atoms with Crippen LogP contribution >= 0.6 is 11.3 Å². The van der Waals surface area contributed by atoms with E-state index in [9.17, 15) is 9.90 Å². The monoisotopic (exact) mass is 393 g/mol. The Balaban J connectivity index is 1.75. The second-order valence-corrected chi connectivity index (χ2v) is 9.20.